The average molecular weight is 339 g/mol. The molecule has 1 aliphatic rings. The number of nitrogens with two attached hydrogens (primary N) is 1. The highest BCUT2D eigenvalue weighted by Crippen LogP contribution is 2.35. The van der Waals surface area contributed by atoms with Crippen molar-refractivity contribution in [1.82, 2.24) is 0 Å². The Morgan fingerprint density at radius 1 is 1.32 bits per heavy atom. The van der Waals surface area contributed by atoms with E-state index in [1.54, 1.807) is 0 Å². The maximum absolute atomic E-state index is 12.6. The van der Waals surface area contributed by atoms with Gasteiger partial charge in [-0.1, -0.05) is 32.0 Å². The number of amides is 1. The van der Waals surface area contributed by atoms with Gasteiger partial charge in [0.05, 0.1) is 18.8 Å². The summed E-state index contributed by atoms with van der Waals surface area (Å²) in [6, 6.07) is 13.5. The lowest BCUT2D eigenvalue weighted by Crippen LogP contribution is -2.42. The first-order valence-electron chi connectivity index (χ1n) is 8.64. The quantitative estimate of drug-likeness (QED) is 0.835. The number of anilines is 3. The van der Waals surface area contributed by atoms with Crippen LogP contribution in [0.2, 0.25) is 0 Å². The van der Waals surface area contributed by atoms with Gasteiger partial charge in [0, 0.05) is 11.4 Å². The number of nitrogens with one attached hydrogen (secondary N) is 1. The zero-order valence-corrected chi connectivity index (χ0v) is 15.0. The van der Waals surface area contributed by atoms with Crippen molar-refractivity contribution in [2.75, 3.05) is 29.0 Å². The lowest BCUT2D eigenvalue weighted by atomic mass is 10.0. The summed E-state index contributed by atoms with van der Waals surface area (Å²) < 4.78 is 5.84. The summed E-state index contributed by atoms with van der Waals surface area (Å²) in [6.45, 7) is 7.14. The Hall–Kier alpha value is -2.69. The molecule has 0 radical (unpaired) electrons. The van der Waals surface area contributed by atoms with Gasteiger partial charge in [-0.2, -0.15) is 0 Å². The van der Waals surface area contributed by atoms with Crippen LogP contribution in [-0.2, 0) is 4.79 Å². The van der Waals surface area contributed by atoms with Crippen molar-refractivity contribution >= 4 is 23.0 Å². The van der Waals surface area contributed by atoms with E-state index in [1.807, 2.05) is 54.3 Å². The fourth-order valence-electron chi connectivity index (χ4n) is 3.17. The first-order chi connectivity index (χ1) is 11.9. The molecule has 25 heavy (non-hydrogen) atoms. The third kappa shape index (κ3) is 3.87. The molecule has 0 spiro atoms. The van der Waals surface area contributed by atoms with Crippen LogP contribution in [-0.4, -0.2) is 25.1 Å². The number of hydrogen-bond donors (Lipinski definition) is 2. The van der Waals surface area contributed by atoms with Crippen molar-refractivity contribution < 1.29 is 9.53 Å². The molecule has 132 valence electrons. The number of rotatable bonds is 4. The molecule has 3 N–H and O–H groups in total. The van der Waals surface area contributed by atoms with E-state index in [0.29, 0.717) is 18.2 Å². The molecule has 0 fully saturated rings. The fraction of sp³-hybridized carbons (Fsp3) is 0.350. The van der Waals surface area contributed by atoms with Crippen LogP contribution >= 0.6 is 0 Å². The molecule has 0 saturated heterocycles. The van der Waals surface area contributed by atoms with Gasteiger partial charge >= 0.3 is 0 Å². The second-order valence-electron chi connectivity index (χ2n) is 6.83. The minimum atomic E-state index is -0.0458. The summed E-state index contributed by atoms with van der Waals surface area (Å²) in [5.41, 5.74) is 9.44. The molecular formula is C20H25N3O2. The maximum Gasteiger partial charge on any atom is 0.243 e. The van der Waals surface area contributed by atoms with Gasteiger partial charge in [0.15, 0.2) is 0 Å². The number of carbonyl (C=O) groups excluding carboxylic acids is 1. The number of benzene rings is 2. The van der Waals surface area contributed by atoms with E-state index in [-0.39, 0.29) is 18.6 Å². The summed E-state index contributed by atoms with van der Waals surface area (Å²) in [5, 5.41) is 3.05. The van der Waals surface area contributed by atoms with Gasteiger partial charge < -0.3 is 20.7 Å². The number of fused-ring (bicyclic) bond motifs is 1. The smallest absolute Gasteiger partial charge is 0.243 e. The Bertz CT molecular complexity index is 773. The zero-order valence-electron chi connectivity index (χ0n) is 15.0. The molecule has 0 saturated carbocycles. The van der Waals surface area contributed by atoms with Gasteiger partial charge in [-0.3, -0.25) is 4.79 Å². The summed E-state index contributed by atoms with van der Waals surface area (Å²) in [5.74, 6) is 1.07. The Morgan fingerprint density at radius 2 is 2.08 bits per heavy atom. The minimum absolute atomic E-state index is 0.0203. The number of para-hydroxylation sites is 1. The van der Waals surface area contributed by atoms with Crippen LogP contribution in [0.3, 0.4) is 0 Å². The SMILES string of the molecule is CC1CN(CC(=O)Nc2ccccc2C(C)C)c2cc(N)ccc2O1. The van der Waals surface area contributed by atoms with Crippen molar-refractivity contribution in [2.24, 2.45) is 0 Å². The number of ether oxygens (including phenoxy) is 1. The lowest BCUT2D eigenvalue weighted by molar-refractivity contribution is -0.115. The van der Waals surface area contributed by atoms with Crippen LogP contribution in [0, 0.1) is 0 Å². The third-order valence-electron chi connectivity index (χ3n) is 4.32. The van der Waals surface area contributed by atoms with Gasteiger partial charge in [0.2, 0.25) is 5.91 Å². The molecular weight excluding hydrogens is 314 g/mol. The van der Waals surface area contributed by atoms with Gasteiger partial charge in [0.25, 0.3) is 0 Å². The van der Waals surface area contributed by atoms with Crippen LogP contribution in [0.15, 0.2) is 42.5 Å². The number of nitrogen functional groups attached to an aromatic ring is 1. The normalized spacial score (nSPS) is 16.3. The number of carbonyl (C=O) groups is 1. The lowest BCUT2D eigenvalue weighted by Gasteiger charge is -2.34. The molecule has 5 nitrogen and oxygen atoms in total. The Kier molecular flexibility index (Phi) is 4.83. The maximum atomic E-state index is 12.6. The molecule has 0 aromatic heterocycles. The average Bonchev–Trinajstić information content (AvgIpc) is 2.55. The van der Waals surface area contributed by atoms with E-state index in [4.69, 9.17) is 10.5 Å². The van der Waals surface area contributed by atoms with Gasteiger partial charge in [-0.25, -0.2) is 0 Å². The topological polar surface area (TPSA) is 67.6 Å². The highest BCUT2D eigenvalue weighted by Gasteiger charge is 2.25. The molecule has 1 amide bonds. The van der Waals surface area contributed by atoms with E-state index in [0.717, 1.165) is 22.7 Å². The molecule has 2 aromatic carbocycles. The van der Waals surface area contributed by atoms with E-state index < -0.39 is 0 Å². The molecule has 1 unspecified atom stereocenters. The van der Waals surface area contributed by atoms with Crippen molar-refractivity contribution in [3.05, 3.63) is 48.0 Å². The van der Waals surface area contributed by atoms with Crippen molar-refractivity contribution in [3.63, 3.8) is 0 Å². The summed E-state index contributed by atoms with van der Waals surface area (Å²) >= 11 is 0. The number of hydrogen-bond acceptors (Lipinski definition) is 4. The van der Waals surface area contributed by atoms with Gasteiger partial charge in [-0.15, -0.1) is 0 Å². The van der Waals surface area contributed by atoms with Crippen LogP contribution < -0.4 is 20.7 Å². The van der Waals surface area contributed by atoms with Crippen molar-refractivity contribution in [3.8, 4) is 5.75 Å². The van der Waals surface area contributed by atoms with Crippen LogP contribution in [0.25, 0.3) is 0 Å². The highest BCUT2D eigenvalue weighted by molar-refractivity contribution is 5.95. The van der Waals surface area contributed by atoms with Crippen LogP contribution in [0.5, 0.6) is 5.75 Å². The monoisotopic (exact) mass is 339 g/mol. The summed E-state index contributed by atoms with van der Waals surface area (Å²) in [6.07, 6.45) is 0.0203. The first kappa shape index (κ1) is 17.1. The standard InChI is InChI=1S/C20H25N3O2/c1-13(2)16-6-4-5-7-17(16)22-20(24)12-23-11-14(3)25-19-9-8-15(21)10-18(19)23/h4-10,13-14H,11-12,21H2,1-3H3,(H,22,24). The predicted molar refractivity (Wildman–Crippen MR) is 102 cm³/mol. The molecule has 3 rings (SSSR count). The van der Waals surface area contributed by atoms with Crippen molar-refractivity contribution in [1.29, 1.82) is 0 Å². The van der Waals surface area contributed by atoms with Gasteiger partial charge in [-0.05, 0) is 42.7 Å². The molecule has 1 atom stereocenters. The fourth-order valence-corrected chi connectivity index (χ4v) is 3.17. The number of nitrogens with zero attached hydrogens (tertiary/aromatic N) is 1. The summed E-state index contributed by atoms with van der Waals surface area (Å²) in [4.78, 5) is 14.7. The van der Waals surface area contributed by atoms with Gasteiger partial charge in [0.1, 0.15) is 11.9 Å². The molecule has 0 bridgehead atoms. The third-order valence-corrected chi connectivity index (χ3v) is 4.32. The van der Waals surface area contributed by atoms with Crippen LogP contribution in [0.4, 0.5) is 17.1 Å². The minimum Gasteiger partial charge on any atom is -0.487 e. The van der Waals surface area contributed by atoms with E-state index in [2.05, 4.69) is 19.2 Å². The highest BCUT2D eigenvalue weighted by atomic mass is 16.5. The summed E-state index contributed by atoms with van der Waals surface area (Å²) in [7, 11) is 0. The molecule has 1 aliphatic heterocycles. The molecule has 5 heteroatoms. The molecule has 0 aliphatic carbocycles. The largest absolute Gasteiger partial charge is 0.487 e. The second kappa shape index (κ2) is 7.05. The molecule has 2 aromatic rings. The van der Waals surface area contributed by atoms with Crippen LogP contribution in [0.1, 0.15) is 32.3 Å². The van der Waals surface area contributed by atoms with Crippen molar-refractivity contribution in [2.45, 2.75) is 32.8 Å². The first-order valence-corrected chi connectivity index (χ1v) is 8.64. The Labute approximate surface area is 148 Å². The second-order valence-corrected chi connectivity index (χ2v) is 6.83. The predicted octanol–water partition coefficient (Wildman–Crippen LogP) is 3.62. The zero-order chi connectivity index (χ0) is 18.0. The van der Waals surface area contributed by atoms with E-state index in [9.17, 15) is 4.79 Å². The molecule has 1 heterocycles. The van der Waals surface area contributed by atoms with E-state index >= 15 is 0 Å². The van der Waals surface area contributed by atoms with E-state index in [1.165, 1.54) is 0 Å². The Morgan fingerprint density at radius 3 is 2.84 bits per heavy atom. The Balaban J connectivity index is 1.77.